The maximum atomic E-state index is 5.71. The molecule has 1 aromatic rings. The van der Waals surface area contributed by atoms with Crippen LogP contribution in [0.15, 0.2) is 41.3 Å². The molecule has 2 nitrogen and oxygen atoms in total. The van der Waals surface area contributed by atoms with E-state index in [-0.39, 0.29) is 0 Å². The van der Waals surface area contributed by atoms with Crippen molar-refractivity contribution in [2.45, 2.75) is 36.6 Å². The van der Waals surface area contributed by atoms with Gasteiger partial charge in [-0.3, -0.25) is 11.3 Å². The zero-order chi connectivity index (χ0) is 12.3. The molecule has 17 heavy (non-hydrogen) atoms. The fourth-order valence-corrected chi connectivity index (χ4v) is 3.65. The molecule has 1 aliphatic rings. The molecule has 0 fully saturated rings. The van der Waals surface area contributed by atoms with Gasteiger partial charge in [-0.05, 0) is 31.4 Å². The third-order valence-electron chi connectivity index (χ3n) is 3.32. The van der Waals surface area contributed by atoms with Crippen LogP contribution in [0.2, 0.25) is 0 Å². The zero-order valence-electron chi connectivity index (χ0n) is 10.3. The number of rotatable bonds is 5. The largest absolute Gasteiger partial charge is 0.271 e. The number of nitrogens with two attached hydrogens (primary N) is 1. The molecule has 3 N–H and O–H groups in total. The minimum absolute atomic E-state index is 0.350. The molecule has 1 aliphatic heterocycles. The smallest absolute Gasteiger partial charge is 0.0290 e. The Morgan fingerprint density at radius 1 is 1.59 bits per heavy atom. The molecule has 0 radical (unpaired) electrons. The first-order valence-electron chi connectivity index (χ1n) is 6.04. The van der Waals surface area contributed by atoms with Gasteiger partial charge in [0.1, 0.15) is 0 Å². The van der Waals surface area contributed by atoms with Gasteiger partial charge < -0.3 is 0 Å². The first-order valence-corrected chi connectivity index (χ1v) is 7.03. The van der Waals surface area contributed by atoms with E-state index in [4.69, 9.17) is 5.84 Å². The standard InChI is InChI=1S/C14H20N2S/c1-10(2)7-8-13(16-15)12-9-17-14-6-4-3-5-11(12)14/h3-6,12-13,16H,1,7-9,15H2,2H3. The normalized spacial score (nSPS) is 20.0. The Morgan fingerprint density at radius 2 is 2.35 bits per heavy atom. The topological polar surface area (TPSA) is 38.0 Å². The molecule has 2 rings (SSSR count). The lowest BCUT2D eigenvalue weighted by molar-refractivity contribution is 0.438. The van der Waals surface area contributed by atoms with Crippen LogP contribution >= 0.6 is 11.8 Å². The highest BCUT2D eigenvalue weighted by molar-refractivity contribution is 7.99. The van der Waals surface area contributed by atoms with Crippen molar-refractivity contribution < 1.29 is 0 Å². The lowest BCUT2D eigenvalue weighted by Gasteiger charge is -2.23. The molecule has 0 amide bonds. The minimum Gasteiger partial charge on any atom is -0.271 e. The first kappa shape index (κ1) is 12.7. The van der Waals surface area contributed by atoms with E-state index in [1.807, 2.05) is 11.8 Å². The van der Waals surface area contributed by atoms with E-state index in [0.29, 0.717) is 12.0 Å². The van der Waals surface area contributed by atoms with Crippen molar-refractivity contribution in [3.63, 3.8) is 0 Å². The molecule has 3 heteroatoms. The van der Waals surface area contributed by atoms with Crippen LogP contribution in [0.25, 0.3) is 0 Å². The molecule has 0 saturated carbocycles. The Balaban J connectivity index is 2.09. The molecule has 92 valence electrons. The van der Waals surface area contributed by atoms with Gasteiger partial charge in [-0.15, -0.1) is 18.3 Å². The second kappa shape index (κ2) is 5.71. The molecule has 2 atom stereocenters. The number of allylic oxidation sites excluding steroid dienone is 1. The minimum atomic E-state index is 0.350. The molecular formula is C14H20N2S. The van der Waals surface area contributed by atoms with Crippen LogP contribution in [-0.2, 0) is 0 Å². The van der Waals surface area contributed by atoms with Crippen molar-refractivity contribution in [3.8, 4) is 0 Å². The van der Waals surface area contributed by atoms with Gasteiger partial charge in [0.25, 0.3) is 0 Å². The Kier molecular flexibility index (Phi) is 4.26. The Morgan fingerprint density at radius 3 is 3.06 bits per heavy atom. The zero-order valence-corrected chi connectivity index (χ0v) is 11.1. The number of hydrogen-bond acceptors (Lipinski definition) is 3. The monoisotopic (exact) mass is 248 g/mol. The van der Waals surface area contributed by atoms with Gasteiger partial charge in [0.15, 0.2) is 0 Å². The van der Waals surface area contributed by atoms with Crippen LogP contribution in [0.4, 0.5) is 0 Å². The van der Waals surface area contributed by atoms with Crippen LogP contribution in [-0.4, -0.2) is 11.8 Å². The molecule has 0 aliphatic carbocycles. The number of thioether (sulfide) groups is 1. The van der Waals surface area contributed by atoms with E-state index in [9.17, 15) is 0 Å². The highest BCUT2D eigenvalue weighted by Crippen LogP contribution is 2.41. The number of benzene rings is 1. The number of hydrogen-bond donors (Lipinski definition) is 2. The quantitative estimate of drug-likeness (QED) is 0.478. The molecule has 1 aromatic carbocycles. The summed E-state index contributed by atoms with van der Waals surface area (Å²) in [5, 5.41) is 0. The van der Waals surface area contributed by atoms with E-state index in [1.165, 1.54) is 16.0 Å². The highest BCUT2D eigenvalue weighted by atomic mass is 32.2. The van der Waals surface area contributed by atoms with Crippen molar-refractivity contribution in [1.29, 1.82) is 0 Å². The van der Waals surface area contributed by atoms with E-state index in [1.54, 1.807) is 0 Å². The lowest BCUT2D eigenvalue weighted by Crippen LogP contribution is -2.40. The van der Waals surface area contributed by atoms with Crippen LogP contribution in [0.5, 0.6) is 0 Å². The van der Waals surface area contributed by atoms with E-state index in [2.05, 4.69) is 43.2 Å². The summed E-state index contributed by atoms with van der Waals surface area (Å²) in [7, 11) is 0. The lowest BCUT2D eigenvalue weighted by atomic mass is 9.90. The van der Waals surface area contributed by atoms with Gasteiger partial charge in [0.2, 0.25) is 0 Å². The van der Waals surface area contributed by atoms with Crippen molar-refractivity contribution in [1.82, 2.24) is 5.43 Å². The average molecular weight is 248 g/mol. The van der Waals surface area contributed by atoms with Crippen molar-refractivity contribution in [2.24, 2.45) is 5.84 Å². The van der Waals surface area contributed by atoms with Crippen LogP contribution in [0, 0.1) is 0 Å². The number of fused-ring (bicyclic) bond motifs is 1. The Labute approximate surface area is 108 Å². The van der Waals surface area contributed by atoms with Gasteiger partial charge in [-0.25, -0.2) is 0 Å². The predicted molar refractivity (Wildman–Crippen MR) is 75.1 cm³/mol. The van der Waals surface area contributed by atoms with E-state index in [0.717, 1.165) is 18.6 Å². The maximum Gasteiger partial charge on any atom is 0.0290 e. The van der Waals surface area contributed by atoms with Crippen molar-refractivity contribution in [2.75, 3.05) is 5.75 Å². The summed E-state index contributed by atoms with van der Waals surface area (Å²) >= 11 is 1.94. The Hall–Kier alpha value is -0.770. The van der Waals surface area contributed by atoms with Gasteiger partial charge >= 0.3 is 0 Å². The van der Waals surface area contributed by atoms with Gasteiger partial charge in [0, 0.05) is 22.6 Å². The second-order valence-corrected chi connectivity index (χ2v) is 5.79. The molecular weight excluding hydrogens is 228 g/mol. The predicted octanol–water partition coefficient (Wildman–Crippen LogP) is 3.06. The molecule has 0 bridgehead atoms. The van der Waals surface area contributed by atoms with Crippen LogP contribution < -0.4 is 11.3 Å². The highest BCUT2D eigenvalue weighted by Gasteiger charge is 2.29. The SMILES string of the molecule is C=C(C)CCC(NN)C1CSc2ccccc21. The van der Waals surface area contributed by atoms with Crippen molar-refractivity contribution >= 4 is 11.8 Å². The molecule has 0 saturated heterocycles. The fourth-order valence-electron chi connectivity index (χ4n) is 2.32. The Bertz CT molecular complexity index is 403. The molecule has 1 heterocycles. The maximum absolute atomic E-state index is 5.71. The van der Waals surface area contributed by atoms with E-state index >= 15 is 0 Å². The van der Waals surface area contributed by atoms with Crippen LogP contribution in [0.3, 0.4) is 0 Å². The molecule has 0 spiro atoms. The number of nitrogens with one attached hydrogen (secondary N) is 1. The average Bonchev–Trinajstić information content (AvgIpc) is 2.74. The third kappa shape index (κ3) is 2.92. The third-order valence-corrected chi connectivity index (χ3v) is 4.53. The van der Waals surface area contributed by atoms with Crippen molar-refractivity contribution in [3.05, 3.63) is 42.0 Å². The summed E-state index contributed by atoms with van der Waals surface area (Å²) in [4.78, 5) is 1.41. The summed E-state index contributed by atoms with van der Waals surface area (Å²) in [6.45, 7) is 6.03. The van der Waals surface area contributed by atoms with Gasteiger partial charge in [0.05, 0.1) is 0 Å². The molecule has 0 aromatic heterocycles. The second-order valence-electron chi connectivity index (χ2n) is 4.72. The summed E-state index contributed by atoms with van der Waals surface area (Å²) in [5.74, 6) is 7.36. The first-order chi connectivity index (χ1) is 8.22. The van der Waals surface area contributed by atoms with Gasteiger partial charge in [-0.1, -0.05) is 23.8 Å². The van der Waals surface area contributed by atoms with E-state index < -0.39 is 0 Å². The summed E-state index contributed by atoms with van der Waals surface area (Å²) in [5.41, 5.74) is 5.66. The van der Waals surface area contributed by atoms with Crippen LogP contribution in [0.1, 0.15) is 31.2 Å². The summed E-state index contributed by atoms with van der Waals surface area (Å²) in [6.07, 6.45) is 2.10. The summed E-state index contributed by atoms with van der Waals surface area (Å²) < 4.78 is 0. The molecule has 2 unspecified atom stereocenters. The number of hydrazine groups is 1. The summed E-state index contributed by atoms with van der Waals surface area (Å²) in [6, 6.07) is 9.00. The van der Waals surface area contributed by atoms with Gasteiger partial charge in [-0.2, -0.15) is 0 Å². The fraction of sp³-hybridized carbons (Fsp3) is 0.429.